The van der Waals surface area contributed by atoms with E-state index in [1.165, 1.54) is 10.9 Å². The van der Waals surface area contributed by atoms with Crippen LogP contribution in [0.4, 0.5) is 5.69 Å². The van der Waals surface area contributed by atoms with Gasteiger partial charge in [0, 0.05) is 12.4 Å². The molecule has 2 heterocycles. The fraction of sp³-hybridized carbons (Fsp3) is 0.176. The summed E-state index contributed by atoms with van der Waals surface area (Å²) in [6.07, 6.45) is 4.76. The third-order valence-electron chi connectivity index (χ3n) is 3.63. The largest absolute Gasteiger partial charge is 0.492 e. The van der Waals surface area contributed by atoms with Gasteiger partial charge in [0.1, 0.15) is 5.69 Å². The molecule has 0 aliphatic rings. The molecule has 2 aromatic heterocycles. The van der Waals surface area contributed by atoms with E-state index in [0.717, 1.165) is 5.56 Å². The number of nitrogens with one attached hydrogen (secondary N) is 2. The minimum atomic E-state index is -0.378. The summed E-state index contributed by atoms with van der Waals surface area (Å²) in [4.78, 5) is 8.19. The van der Waals surface area contributed by atoms with E-state index in [2.05, 4.69) is 25.7 Å². The Morgan fingerprint density at radius 3 is 2.60 bits per heavy atom. The number of thiocarbonyl (C=S) groups is 1. The number of rotatable bonds is 4. The van der Waals surface area contributed by atoms with Gasteiger partial charge in [0.2, 0.25) is 5.88 Å². The molecular formula is C17H18N6OS. The molecule has 3 N–H and O–H groups in total. The van der Waals surface area contributed by atoms with Crippen LogP contribution in [0.25, 0.3) is 5.95 Å². The van der Waals surface area contributed by atoms with Crippen molar-refractivity contribution in [2.75, 3.05) is 5.32 Å². The lowest BCUT2D eigenvalue weighted by molar-refractivity contribution is 0.452. The van der Waals surface area contributed by atoms with Crippen LogP contribution in [0.3, 0.4) is 0 Å². The van der Waals surface area contributed by atoms with Crippen molar-refractivity contribution in [3.63, 3.8) is 0 Å². The first-order valence-corrected chi connectivity index (χ1v) is 8.07. The Labute approximate surface area is 150 Å². The summed E-state index contributed by atoms with van der Waals surface area (Å²) in [5, 5.41) is 20.6. The molecule has 1 aromatic carbocycles. The van der Waals surface area contributed by atoms with Crippen molar-refractivity contribution >= 4 is 23.0 Å². The van der Waals surface area contributed by atoms with Gasteiger partial charge in [-0.3, -0.25) is 0 Å². The second-order valence-electron chi connectivity index (χ2n) is 5.93. The van der Waals surface area contributed by atoms with Crippen LogP contribution in [0, 0.1) is 0 Å². The van der Waals surface area contributed by atoms with Crippen LogP contribution in [-0.4, -0.2) is 30.0 Å². The fourth-order valence-corrected chi connectivity index (χ4v) is 2.68. The molecule has 128 valence electrons. The maximum absolute atomic E-state index is 10.1. The lowest BCUT2D eigenvalue weighted by atomic mass is 9.95. The molecular weight excluding hydrogens is 336 g/mol. The molecule has 0 saturated carbocycles. The second-order valence-corrected chi connectivity index (χ2v) is 6.34. The highest BCUT2D eigenvalue weighted by molar-refractivity contribution is 7.80. The van der Waals surface area contributed by atoms with Crippen molar-refractivity contribution in [1.82, 2.24) is 25.1 Å². The van der Waals surface area contributed by atoms with Crippen molar-refractivity contribution in [1.29, 1.82) is 0 Å². The van der Waals surface area contributed by atoms with Crippen molar-refractivity contribution < 1.29 is 5.11 Å². The van der Waals surface area contributed by atoms with Crippen molar-refractivity contribution in [3.8, 4) is 11.8 Å². The van der Waals surface area contributed by atoms with Gasteiger partial charge in [-0.05, 0) is 37.7 Å². The molecule has 0 saturated heterocycles. The maximum atomic E-state index is 10.1. The molecule has 0 radical (unpaired) electrons. The van der Waals surface area contributed by atoms with Crippen molar-refractivity contribution in [2.45, 2.75) is 19.4 Å². The monoisotopic (exact) mass is 354 g/mol. The number of hydrogen-bond acceptors (Lipinski definition) is 5. The Morgan fingerprint density at radius 2 is 1.96 bits per heavy atom. The van der Waals surface area contributed by atoms with Gasteiger partial charge < -0.3 is 15.7 Å². The normalized spacial score (nSPS) is 11.1. The molecule has 25 heavy (non-hydrogen) atoms. The van der Waals surface area contributed by atoms with Gasteiger partial charge in [-0.15, -0.1) is 0 Å². The van der Waals surface area contributed by atoms with Crippen LogP contribution in [0.5, 0.6) is 5.88 Å². The zero-order valence-electron chi connectivity index (χ0n) is 13.8. The van der Waals surface area contributed by atoms with E-state index >= 15 is 0 Å². The summed E-state index contributed by atoms with van der Waals surface area (Å²) in [7, 11) is 0. The average molecular weight is 354 g/mol. The van der Waals surface area contributed by atoms with Crippen molar-refractivity contribution in [3.05, 3.63) is 60.6 Å². The van der Waals surface area contributed by atoms with Crippen LogP contribution in [0.1, 0.15) is 19.4 Å². The van der Waals surface area contributed by atoms with E-state index in [1.807, 2.05) is 44.2 Å². The van der Waals surface area contributed by atoms with E-state index in [9.17, 15) is 5.11 Å². The first-order chi connectivity index (χ1) is 12.0. The van der Waals surface area contributed by atoms with Crippen LogP contribution in [0.15, 0.2) is 55.0 Å². The third kappa shape index (κ3) is 3.92. The summed E-state index contributed by atoms with van der Waals surface area (Å²) < 4.78 is 1.46. The number of aromatic hydroxyl groups is 1. The molecule has 0 unspecified atom stereocenters. The molecule has 0 aliphatic carbocycles. The Kier molecular flexibility index (Phi) is 4.62. The lowest BCUT2D eigenvalue weighted by Gasteiger charge is -2.28. The highest BCUT2D eigenvalue weighted by atomic mass is 32.1. The molecule has 0 aliphatic heterocycles. The summed E-state index contributed by atoms with van der Waals surface area (Å²) in [5.74, 6) is 0.0683. The number of aromatic nitrogens is 4. The van der Waals surface area contributed by atoms with E-state index in [0.29, 0.717) is 10.8 Å². The summed E-state index contributed by atoms with van der Waals surface area (Å²) in [6, 6.07) is 11.7. The smallest absolute Gasteiger partial charge is 0.253 e. The number of benzene rings is 1. The molecule has 7 nitrogen and oxygen atoms in total. The standard InChI is InChI=1S/C17H18N6OS/c1-17(2,12-7-4-3-5-8-12)22-16(25)20-13-11-18-15(21-14(13)24)23-10-6-9-19-23/h3-11H,1-2H3,(H,18,21,24)(H2,20,22,25). The van der Waals surface area contributed by atoms with Gasteiger partial charge in [-0.1, -0.05) is 30.3 Å². The van der Waals surface area contributed by atoms with Crippen LogP contribution in [-0.2, 0) is 5.54 Å². The van der Waals surface area contributed by atoms with Crippen molar-refractivity contribution in [2.24, 2.45) is 0 Å². The van der Waals surface area contributed by atoms with Gasteiger partial charge in [-0.25, -0.2) is 9.67 Å². The molecule has 8 heteroatoms. The molecule has 0 amide bonds. The molecule has 0 fully saturated rings. The lowest BCUT2D eigenvalue weighted by Crippen LogP contribution is -2.43. The molecule has 0 bridgehead atoms. The van der Waals surface area contributed by atoms with E-state index in [-0.39, 0.29) is 17.4 Å². The molecule has 3 rings (SSSR count). The highest BCUT2D eigenvalue weighted by Crippen LogP contribution is 2.22. The quantitative estimate of drug-likeness (QED) is 0.621. The Bertz CT molecular complexity index is 864. The van der Waals surface area contributed by atoms with Crippen LogP contribution >= 0.6 is 12.2 Å². The number of nitrogens with zero attached hydrogens (tertiary/aromatic N) is 4. The number of anilines is 1. The first kappa shape index (κ1) is 16.8. The number of hydrogen-bond donors (Lipinski definition) is 3. The molecule has 3 aromatic rings. The first-order valence-electron chi connectivity index (χ1n) is 7.66. The minimum absolute atomic E-state index is 0.206. The summed E-state index contributed by atoms with van der Waals surface area (Å²) >= 11 is 5.35. The predicted octanol–water partition coefficient (Wildman–Crippen LogP) is 2.59. The minimum Gasteiger partial charge on any atom is -0.492 e. The van der Waals surface area contributed by atoms with Crippen LogP contribution in [0.2, 0.25) is 0 Å². The Morgan fingerprint density at radius 1 is 1.20 bits per heavy atom. The maximum Gasteiger partial charge on any atom is 0.253 e. The summed E-state index contributed by atoms with van der Waals surface area (Å²) in [6.45, 7) is 4.04. The third-order valence-corrected chi connectivity index (χ3v) is 3.84. The van der Waals surface area contributed by atoms with E-state index < -0.39 is 0 Å². The molecule has 0 atom stereocenters. The molecule has 0 spiro atoms. The zero-order valence-corrected chi connectivity index (χ0v) is 14.7. The van der Waals surface area contributed by atoms with Gasteiger partial charge in [0.15, 0.2) is 5.11 Å². The van der Waals surface area contributed by atoms with Crippen LogP contribution < -0.4 is 10.6 Å². The fourth-order valence-electron chi connectivity index (χ4n) is 2.31. The van der Waals surface area contributed by atoms with Gasteiger partial charge in [-0.2, -0.15) is 10.1 Å². The SMILES string of the molecule is CC(C)(NC(=S)Nc1cnc(-n2cccn2)nc1O)c1ccccc1. The predicted molar refractivity (Wildman–Crippen MR) is 99.6 cm³/mol. The Hall–Kier alpha value is -3.00. The van der Waals surface area contributed by atoms with Gasteiger partial charge in [0.25, 0.3) is 5.95 Å². The second kappa shape index (κ2) is 6.86. The average Bonchev–Trinajstić information content (AvgIpc) is 3.11. The van der Waals surface area contributed by atoms with E-state index in [4.69, 9.17) is 12.2 Å². The summed E-state index contributed by atoms with van der Waals surface area (Å²) in [5.41, 5.74) is 1.03. The zero-order chi connectivity index (χ0) is 17.9. The topological polar surface area (TPSA) is 87.9 Å². The van der Waals surface area contributed by atoms with Gasteiger partial charge >= 0.3 is 0 Å². The Balaban J connectivity index is 1.71. The van der Waals surface area contributed by atoms with E-state index in [1.54, 1.807) is 18.5 Å². The highest BCUT2D eigenvalue weighted by Gasteiger charge is 2.21. The van der Waals surface area contributed by atoms with Gasteiger partial charge in [0.05, 0.1) is 11.7 Å².